The summed E-state index contributed by atoms with van der Waals surface area (Å²) in [7, 11) is 0. The van der Waals surface area contributed by atoms with E-state index in [4.69, 9.17) is 0 Å². The second kappa shape index (κ2) is 2.98. The molecule has 0 unspecified atom stereocenters. The third kappa shape index (κ3) is 1.33. The Morgan fingerprint density at radius 1 is 1.21 bits per heavy atom. The van der Waals surface area contributed by atoms with Gasteiger partial charge in [0.25, 0.3) is 0 Å². The molecule has 0 aliphatic rings. The highest BCUT2D eigenvalue weighted by Gasteiger charge is 2.06. The Morgan fingerprint density at radius 3 is 2.57 bits per heavy atom. The number of hydrogen-bond acceptors (Lipinski definition) is 1. The Bertz CT molecular complexity index is 508. The molecule has 2 heteroatoms. The van der Waals surface area contributed by atoms with E-state index in [9.17, 15) is 4.79 Å². The van der Waals surface area contributed by atoms with Crippen LogP contribution in [-0.2, 0) is 0 Å². The molecule has 0 aliphatic carbocycles. The molecule has 72 valence electrons. The number of rotatable bonds is 1. The van der Waals surface area contributed by atoms with Gasteiger partial charge in [-0.25, -0.2) is 0 Å². The molecule has 0 bridgehead atoms. The van der Waals surface area contributed by atoms with Crippen molar-refractivity contribution in [1.29, 1.82) is 0 Å². The fourth-order valence-corrected chi connectivity index (χ4v) is 1.80. The highest BCUT2D eigenvalue weighted by molar-refractivity contribution is 5.98. The predicted molar refractivity (Wildman–Crippen MR) is 57.8 cm³/mol. The Labute approximate surface area is 82.9 Å². The third-order valence-corrected chi connectivity index (χ3v) is 2.45. The molecule has 0 saturated carbocycles. The van der Waals surface area contributed by atoms with Crippen molar-refractivity contribution in [2.24, 2.45) is 0 Å². The summed E-state index contributed by atoms with van der Waals surface area (Å²) in [5.41, 5.74) is 4.17. The Hall–Kier alpha value is -1.57. The lowest BCUT2D eigenvalue weighted by atomic mass is 10.1. The van der Waals surface area contributed by atoms with Crippen LogP contribution < -0.4 is 0 Å². The van der Waals surface area contributed by atoms with Crippen molar-refractivity contribution in [1.82, 2.24) is 4.98 Å². The molecule has 14 heavy (non-hydrogen) atoms. The van der Waals surface area contributed by atoms with Gasteiger partial charge in [-0.05, 0) is 31.5 Å². The van der Waals surface area contributed by atoms with Crippen molar-refractivity contribution >= 4 is 16.7 Å². The molecular formula is C12H13NO. The van der Waals surface area contributed by atoms with Gasteiger partial charge in [0.15, 0.2) is 5.78 Å². The number of carbonyl (C=O) groups excluding carboxylic acids is 1. The summed E-state index contributed by atoms with van der Waals surface area (Å²) >= 11 is 0. The smallest absolute Gasteiger partial charge is 0.175 e. The average Bonchev–Trinajstić information content (AvgIpc) is 2.47. The van der Waals surface area contributed by atoms with Crippen LogP contribution in [0.1, 0.15) is 28.5 Å². The van der Waals surface area contributed by atoms with Gasteiger partial charge in [0, 0.05) is 17.8 Å². The quantitative estimate of drug-likeness (QED) is 0.684. The molecule has 0 amide bonds. The van der Waals surface area contributed by atoms with Crippen LogP contribution >= 0.6 is 0 Å². The van der Waals surface area contributed by atoms with Gasteiger partial charge in [-0.3, -0.25) is 4.79 Å². The number of ketones is 1. The number of hydrogen-bond donors (Lipinski definition) is 1. The summed E-state index contributed by atoms with van der Waals surface area (Å²) < 4.78 is 0. The van der Waals surface area contributed by atoms with Crippen LogP contribution in [-0.4, -0.2) is 10.8 Å². The third-order valence-electron chi connectivity index (χ3n) is 2.45. The van der Waals surface area contributed by atoms with Crippen LogP contribution in [0.3, 0.4) is 0 Å². The molecule has 0 spiro atoms. The molecular weight excluding hydrogens is 174 g/mol. The lowest BCUT2D eigenvalue weighted by Gasteiger charge is -1.97. The largest absolute Gasteiger partial charge is 0.352 e. The van der Waals surface area contributed by atoms with E-state index >= 15 is 0 Å². The van der Waals surface area contributed by atoms with Gasteiger partial charge >= 0.3 is 0 Å². The number of carbonyl (C=O) groups is 1. The van der Waals surface area contributed by atoms with Crippen LogP contribution in [0.5, 0.6) is 0 Å². The molecule has 0 radical (unpaired) electrons. The maximum atomic E-state index is 11.2. The highest BCUT2D eigenvalue weighted by Crippen LogP contribution is 2.21. The molecule has 1 heterocycles. The standard InChI is InChI=1S/C12H13NO/c1-7-4-8(2)12-10(5-7)6-11(13-12)9(3)14/h4-6,13H,1-3H3. The van der Waals surface area contributed by atoms with Gasteiger partial charge in [0.2, 0.25) is 0 Å². The van der Waals surface area contributed by atoms with E-state index in [0.717, 1.165) is 10.9 Å². The number of fused-ring (bicyclic) bond motifs is 1. The van der Waals surface area contributed by atoms with E-state index in [1.165, 1.54) is 11.1 Å². The molecule has 2 aromatic rings. The number of nitrogens with one attached hydrogen (secondary N) is 1. The number of benzene rings is 1. The summed E-state index contributed by atoms with van der Waals surface area (Å²) in [4.78, 5) is 14.3. The van der Waals surface area contributed by atoms with Gasteiger partial charge < -0.3 is 4.98 Å². The van der Waals surface area contributed by atoms with Crippen molar-refractivity contribution in [3.8, 4) is 0 Å². The van der Waals surface area contributed by atoms with E-state index in [1.54, 1.807) is 6.92 Å². The van der Waals surface area contributed by atoms with E-state index < -0.39 is 0 Å². The Kier molecular flexibility index (Phi) is 1.92. The van der Waals surface area contributed by atoms with Gasteiger partial charge in [0.1, 0.15) is 0 Å². The van der Waals surface area contributed by atoms with E-state index in [2.05, 4.69) is 31.0 Å². The summed E-state index contributed by atoms with van der Waals surface area (Å²) in [6, 6.07) is 6.12. The molecule has 1 aromatic heterocycles. The SMILES string of the molecule is CC(=O)c1cc2cc(C)cc(C)c2[nH]1. The maximum Gasteiger partial charge on any atom is 0.175 e. The lowest BCUT2D eigenvalue weighted by molar-refractivity contribution is 0.101. The predicted octanol–water partition coefficient (Wildman–Crippen LogP) is 2.99. The lowest BCUT2D eigenvalue weighted by Crippen LogP contribution is -1.90. The van der Waals surface area contributed by atoms with Gasteiger partial charge in [0.05, 0.1) is 5.69 Å². The van der Waals surface area contributed by atoms with Crippen LogP contribution in [0.15, 0.2) is 18.2 Å². The highest BCUT2D eigenvalue weighted by atomic mass is 16.1. The second-order valence-electron chi connectivity index (χ2n) is 3.79. The topological polar surface area (TPSA) is 32.9 Å². The van der Waals surface area contributed by atoms with E-state index in [-0.39, 0.29) is 5.78 Å². The fourth-order valence-electron chi connectivity index (χ4n) is 1.80. The van der Waals surface area contributed by atoms with Gasteiger partial charge in [-0.15, -0.1) is 0 Å². The summed E-state index contributed by atoms with van der Waals surface area (Å²) in [5.74, 6) is 0.0817. The zero-order chi connectivity index (χ0) is 10.3. The van der Waals surface area contributed by atoms with Crippen molar-refractivity contribution in [3.63, 3.8) is 0 Å². The monoisotopic (exact) mass is 187 g/mol. The molecule has 0 aliphatic heterocycles. The molecule has 2 nitrogen and oxygen atoms in total. The van der Waals surface area contributed by atoms with Crippen LogP contribution in [0.4, 0.5) is 0 Å². The van der Waals surface area contributed by atoms with Gasteiger partial charge in [-0.2, -0.15) is 0 Å². The normalized spacial score (nSPS) is 10.8. The molecule has 0 atom stereocenters. The minimum atomic E-state index is 0.0817. The second-order valence-corrected chi connectivity index (χ2v) is 3.79. The number of H-pyrrole nitrogens is 1. The first kappa shape index (κ1) is 9.00. The van der Waals surface area contributed by atoms with Crippen LogP contribution in [0.2, 0.25) is 0 Å². The van der Waals surface area contributed by atoms with Crippen LogP contribution in [0.25, 0.3) is 10.9 Å². The summed E-state index contributed by atoms with van der Waals surface area (Å²) in [6.45, 7) is 5.69. The Morgan fingerprint density at radius 2 is 1.93 bits per heavy atom. The zero-order valence-corrected chi connectivity index (χ0v) is 8.64. The van der Waals surface area contributed by atoms with Crippen molar-refractivity contribution < 1.29 is 4.79 Å². The van der Waals surface area contributed by atoms with E-state index in [0.29, 0.717) is 5.69 Å². The first-order chi connectivity index (χ1) is 6.58. The van der Waals surface area contributed by atoms with Crippen molar-refractivity contribution in [2.45, 2.75) is 20.8 Å². The molecule has 1 aromatic carbocycles. The summed E-state index contributed by atoms with van der Waals surface area (Å²) in [5, 5.41) is 1.12. The number of aromatic nitrogens is 1. The van der Waals surface area contributed by atoms with Crippen molar-refractivity contribution in [2.75, 3.05) is 0 Å². The zero-order valence-electron chi connectivity index (χ0n) is 8.64. The maximum absolute atomic E-state index is 11.2. The average molecular weight is 187 g/mol. The molecule has 0 saturated heterocycles. The Balaban J connectivity index is 2.76. The molecule has 2 rings (SSSR count). The fraction of sp³-hybridized carbons (Fsp3) is 0.250. The number of aromatic amines is 1. The van der Waals surface area contributed by atoms with E-state index in [1.807, 2.05) is 6.07 Å². The summed E-state index contributed by atoms with van der Waals surface area (Å²) in [6.07, 6.45) is 0. The van der Waals surface area contributed by atoms with Gasteiger partial charge in [-0.1, -0.05) is 11.6 Å². The number of aryl methyl sites for hydroxylation is 2. The van der Waals surface area contributed by atoms with Crippen molar-refractivity contribution in [3.05, 3.63) is 35.0 Å². The first-order valence-corrected chi connectivity index (χ1v) is 4.69. The van der Waals surface area contributed by atoms with Crippen LogP contribution in [0, 0.1) is 13.8 Å². The molecule has 1 N–H and O–H groups in total. The minimum Gasteiger partial charge on any atom is -0.352 e. The first-order valence-electron chi connectivity index (χ1n) is 4.69. The number of Topliss-reactive ketones (excluding diaryl/α,β-unsaturated/α-hetero) is 1. The molecule has 0 fully saturated rings. The minimum absolute atomic E-state index is 0.0817.